The van der Waals surface area contributed by atoms with E-state index in [9.17, 15) is 28.8 Å². The van der Waals surface area contributed by atoms with Crippen LogP contribution in [0.2, 0.25) is 0 Å². The molecule has 2 aliphatic heterocycles. The molecule has 9 rings (SSSR count). The Kier molecular flexibility index (Phi) is 21.7. The summed E-state index contributed by atoms with van der Waals surface area (Å²) in [7, 11) is 1.86. The monoisotopic (exact) mass is 1110 g/mol. The first kappa shape index (κ1) is 61.1. The second-order valence-electron chi connectivity index (χ2n) is 23.7. The minimum Gasteiger partial charge on any atom is -0.444 e. The number of ether oxygens (including phenoxy) is 3. The second kappa shape index (κ2) is 28.8. The number of carbonyl (C=O) groups excluding carboxylic acids is 6. The molecular weight excluding hydrogens is 1030 g/mol. The van der Waals surface area contributed by atoms with Crippen molar-refractivity contribution < 1.29 is 43.0 Å². The zero-order chi connectivity index (χ0) is 58.1. The first-order valence-corrected chi connectivity index (χ1v) is 29.1. The van der Waals surface area contributed by atoms with Crippen molar-refractivity contribution in [3.8, 4) is 28.3 Å². The molecule has 436 valence electrons. The van der Waals surface area contributed by atoms with E-state index in [0.717, 1.165) is 37.2 Å². The molecule has 4 fully saturated rings. The summed E-state index contributed by atoms with van der Waals surface area (Å²) in [5, 5.41) is 6.15. The molecule has 4 aliphatic rings. The third-order valence-electron chi connectivity index (χ3n) is 15.1. The van der Waals surface area contributed by atoms with E-state index in [1.54, 1.807) is 83.1 Å². The van der Waals surface area contributed by atoms with Crippen LogP contribution in [0.15, 0.2) is 104 Å². The summed E-state index contributed by atoms with van der Waals surface area (Å²) in [5.74, 6) is 1.16. The minimum absolute atomic E-state index is 0.0120. The van der Waals surface area contributed by atoms with Gasteiger partial charge in [0.05, 0.1) is 11.4 Å². The molecule has 0 spiro atoms. The average Bonchev–Trinajstić information content (AvgIpc) is 4.20. The Labute approximate surface area is 478 Å². The van der Waals surface area contributed by atoms with Crippen LogP contribution < -0.4 is 15.4 Å². The molecule has 2 saturated heterocycles. The Balaban J connectivity index is 0.000000205. The van der Waals surface area contributed by atoms with Crippen molar-refractivity contribution in [3.63, 3.8) is 0 Å². The molecule has 2 aliphatic carbocycles. The molecular formula is C63H85N9O9. The summed E-state index contributed by atoms with van der Waals surface area (Å²) in [6.07, 6.45) is 22.2. The fourth-order valence-electron chi connectivity index (χ4n) is 10.4. The van der Waals surface area contributed by atoms with E-state index in [1.165, 1.54) is 60.4 Å². The van der Waals surface area contributed by atoms with Gasteiger partial charge in [0.15, 0.2) is 0 Å². The number of aromatic nitrogens is 4. The molecule has 18 heteroatoms. The molecule has 5 aromatic rings. The number of imidazole rings is 2. The molecule has 2 N–H and O–H groups in total. The number of benzene rings is 3. The maximum atomic E-state index is 13.0. The summed E-state index contributed by atoms with van der Waals surface area (Å²) >= 11 is 0. The van der Waals surface area contributed by atoms with E-state index in [1.807, 2.05) is 77.8 Å². The SMILES string of the molecule is CC(C)(C)OC(=O)N1CCC(NC(=O)c2cccc(-c3cn(C(=O)Oc4ccccc4)cn3)c2)CC1.CCC1CCCCC1.CN(C(=O)n1cnc(-c2cccc(C(=O)NC3CCN(C(=O)OC(C)(C)C)CC3)c2)c1)C1CCCCC1. The van der Waals surface area contributed by atoms with Gasteiger partial charge < -0.3 is 39.5 Å². The summed E-state index contributed by atoms with van der Waals surface area (Å²) in [5.41, 5.74) is 2.63. The molecule has 0 bridgehead atoms. The lowest BCUT2D eigenvalue weighted by Crippen LogP contribution is -2.47. The Bertz CT molecular complexity index is 2860. The molecule has 5 amide bonds. The van der Waals surface area contributed by atoms with Crippen LogP contribution in [0, 0.1) is 5.92 Å². The fourth-order valence-corrected chi connectivity index (χ4v) is 10.4. The van der Waals surface area contributed by atoms with Crippen molar-refractivity contribution in [1.82, 2.24) is 44.4 Å². The van der Waals surface area contributed by atoms with Crippen LogP contribution in [0.3, 0.4) is 0 Å². The highest BCUT2D eigenvalue weighted by atomic mass is 16.6. The molecule has 4 heterocycles. The Hall–Kier alpha value is -7.50. The van der Waals surface area contributed by atoms with Crippen LogP contribution in [0.25, 0.3) is 22.5 Å². The number of likely N-dealkylation sites (tertiary alicyclic amines) is 2. The number of nitrogens with one attached hydrogen (secondary N) is 2. The standard InChI is InChI=1S/C28H39N5O4.C27H30N4O5.C8H16/c1-28(2,3)37-27(36)32-15-13-22(14-16-32)30-25(34)21-10-8-9-20(17-21)24-18-33(19-29-24)26(35)31(4)23-11-6-5-7-12-23;1-27(2,3)36-26(34)30-14-12-21(13-15-30)29-24(32)20-9-7-8-19(16-20)23-17-31(18-28-23)25(33)35-22-10-5-4-6-11-22;1-2-8-6-4-3-5-7-8/h8-10,17-19,22-23H,5-7,11-16H2,1-4H3,(H,30,34);4-11,16-18,21H,12-15H2,1-3H3,(H,29,32);8H,2-7H2,1H3. The second-order valence-corrected chi connectivity index (χ2v) is 23.7. The minimum atomic E-state index is -0.577. The van der Waals surface area contributed by atoms with Crippen molar-refractivity contribution in [3.05, 3.63) is 115 Å². The number of hydrogen-bond acceptors (Lipinski definition) is 11. The van der Waals surface area contributed by atoms with Crippen LogP contribution in [0.1, 0.15) is 165 Å². The van der Waals surface area contributed by atoms with E-state index in [0.29, 0.717) is 85.7 Å². The van der Waals surface area contributed by atoms with E-state index in [4.69, 9.17) is 14.2 Å². The van der Waals surface area contributed by atoms with Crippen molar-refractivity contribution in [2.45, 2.75) is 174 Å². The zero-order valence-electron chi connectivity index (χ0n) is 48.9. The Morgan fingerprint density at radius 3 is 1.44 bits per heavy atom. The van der Waals surface area contributed by atoms with Gasteiger partial charge in [-0.1, -0.05) is 107 Å². The predicted molar refractivity (Wildman–Crippen MR) is 312 cm³/mol. The Morgan fingerprint density at radius 1 is 0.556 bits per heavy atom. The van der Waals surface area contributed by atoms with E-state index < -0.39 is 17.3 Å². The molecule has 81 heavy (non-hydrogen) atoms. The maximum Gasteiger partial charge on any atom is 0.424 e. The van der Waals surface area contributed by atoms with E-state index in [2.05, 4.69) is 27.5 Å². The van der Waals surface area contributed by atoms with Crippen LogP contribution in [0.5, 0.6) is 5.75 Å². The third-order valence-corrected chi connectivity index (χ3v) is 15.1. The van der Waals surface area contributed by atoms with Gasteiger partial charge in [0, 0.05) is 86.0 Å². The number of para-hydroxylation sites is 1. The number of amides is 5. The number of piperidine rings is 2. The molecule has 0 atom stereocenters. The van der Waals surface area contributed by atoms with Crippen LogP contribution in [-0.2, 0) is 9.47 Å². The third kappa shape index (κ3) is 18.8. The van der Waals surface area contributed by atoms with Gasteiger partial charge >= 0.3 is 24.3 Å². The van der Waals surface area contributed by atoms with Crippen molar-refractivity contribution in [2.75, 3.05) is 33.2 Å². The van der Waals surface area contributed by atoms with Gasteiger partial charge in [0.25, 0.3) is 11.8 Å². The first-order valence-electron chi connectivity index (χ1n) is 29.1. The van der Waals surface area contributed by atoms with Crippen LogP contribution >= 0.6 is 0 Å². The fraction of sp³-hybridized carbons (Fsp3) is 0.524. The molecule has 0 unspecified atom stereocenters. The van der Waals surface area contributed by atoms with Crippen molar-refractivity contribution in [1.29, 1.82) is 0 Å². The quantitative estimate of drug-likeness (QED) is 0.142. The van der Waals surface area contributed by atoms with Crippen molar-refractivity contribution in [2.24, 2.45) is 5.92 Å². The van der Waals surface area contributed by atoms with Gasteiger partial charge in [-0.15, -0.1) is 0 Å². The summed E-state index contributed by atoms with van der Waals surface area (Å²) in [4.78, 5) is 89.7. The maximum absolute atomic E-state index is 13.0. The lowest BCUT2D eigenvalue weighted by molar-refractivity contribution is 0.0187. The van der Waals surface area contributed by atoms with E-state index in [-0.39, 0.29) is 48.2 Å². The highest BCUT2D eigenvalue weighted by molar-refractivity contribution is 5.96. The molecule has 2 aromatic heterocycles. The number of rotatable bonds is 9. The summed E-state index contributed by atoms with van der Waals surface area (Å²) < 4.78 is 19.0. The van der Waals surface area contributed by atoms with Gasteiger partial charge in [-0.25, -0.2) is 33.7 Å². The van der Waals surface area contributed by atoms with Gasteiger partial charge in [0.2, 0.25) is 0 Å². The smallest absolute Gasteiger partial charge is 0.424 e. The summed E-state index contributed by atoms with van der Waals surface area (Å²) in [6, 6.07) is 23.3. The first-order chi connectivity index (χ1) is 38.7. The van der Waals surface area contributed by atoms with Gasteiger partial charge in [-0.2, -0.15) is 0 Å². The molecule has 2 saturated carbocycles. The number of hydrogen-bond donors (Lipinski definition) is 2. The highest BCUT2D eigenvalue weighted by Gasteiger charge is 2.30. The largest absolute Gasteiger partial charge is 0.444 e. The zero-order valence-corrected chi connectivity index (χ0v) is 48.9. The van der Waals surface area contributed by atoms with Crippen LogP contribution in [0.4, 0.5) is 19.2 Å². The Morgan fingerprint density at radius 2 is 1.00 bits per heavy atom. The number of nitrogens with zero attached hydrogens (tertiary/aromatic N) is 7. The van der Waals surface area contributed by atoms with Crippen LogP contribution in [-0.4, -0.2) is 132 Å². The predicted octanol–water partition coefficient (Wildman–Crippen LogP) is 12.6. The molecule has 18 nitrogen and oxygen atoms in total. The normalized spacial score (nSPS) is 16.6. The van der Waals surface area contributed by atoms with Gasteiger partial charge in [-0.3, -0.25) is 14.2 Å². The number of carbonyl (C=O) groups is 6. The van der Waals surface area contributed by atoms with Gasteiger partial charge in [0.1, 0.15) is 29.6 Å². The lowest BCUT2D eigenvalue weighted by atomic mass is 9.88. The molecule has 0 radical (unpaired) electrons. The van der Waals surface area contributed by atoms with E-state index >= 15 is 0 Å². The summed E-state index contributed by atoms with van der Waals surface area (Å²) in [6.45, 7) is 15.5. The van der Waals surface area contributed by atoms with Crippen molar-refractivity contribution >= 4 is 36.1 Å². The topological polar surface area (TPSA) is 200 Å². The highest BCUT2D eigenvalue weighted by Crippen LogP contribution is 2.27. The average molecular weight is 1110 g/mol. The lowest BCUT2D eigenvalue weighted by Gasteiger charge is -2.33. The van der Waals surface area contributed by atoms with Gasteiger partial charge in [-0.05, 0) is 122 Å². The molecule has 3 aromatic carbocycles.